The number of aromatic nitrogens is 5. The highest BCUT2D eigenvalue weighted by Crippen LogP contribution is 2.32. The largest absolute Gasteiger partial charge is 0.329 e. The van der Waals surface area contributed by atoms with Gasteiger partial charge in [0.05, 0.1) is 17.4 Å². The highest BCUT2D eigenvalue weighted by atomic mass is 32.1. The monoisotopic (exact) mass is 342 g/mol. The summed E-state index contributed by atoms with van der Waals surface area (Å²) in [5.74, 6) is 0.691. The average Bonchev–Trinajstić information content (AvgIpc) is 3.29. The van der Waals surface area contributed by atoms with Crippen molar-refractivity contribution in [2.45, 2.75) is 38.6 Å². The Bertz CT molecular complexity index is 872. The number of fused-ring (bicyclic) bond motifs is 1. The number of imidazole rings is 1. The van der Waals surface area contributed by atoms with Gasteiger partial charge in [-0.3, -0.25) is 9.20 Å². The van der Waals surface area contributed by atoms with Crippen LogP contribution in [-0.2, 0) is 6.42 Å². The normalized spacial score (nSPS) is 18.2. The predicted molar refractivity (Wildman–Crippen MR) is 89.9 cm³/mol. The van der Waals surface area contributed by atoms with Crippen molar-refractivity contribution in [1.82, 2.24) is 28.9 Å². The van der Waals surface area contributed by atoms with E-state index in [9.17, 15) is 4.79 Å². The Kier molecular flexibility index (Phi) is 3.97. The second-order valence-electron chi connectivity index (χ2n) is 5.90. The Hall–Kier alpha value is -2.35. The lowest BCUT2D eigenvalue weighted by Crippen LogP contribution is -2.39. The number of likely N-dealkylation sites (tertiary alicyclic amines) is 1. The zero-order valence-corrected chi connectivity index (χ0v) is 14.2. The predicted octanol–water partition coefficient (Wildman–Crippen LogP) is 2.51. The zero-order valence-electron chi connectivity index (χ0n) is 13.4. The molecule has 1 amide bonds. The maximum atomic E-state index is 13.0. The summed E-state index contributed by atoms with van der Waals surface area (Å²) in [6, 6.07) is 1.97. The molecule has 1 atom stereocenters. The summed E-state index contributed by atoms with van der Waals surface area (Å²) in [5, 5.41) is 4.07. The molecule has 7 nitrogen and oxygen atoms in total. The first-order valence-electron chi connectivity index (χ1n) is 8.19. The molecule has 24 heavy (non-hydrogen) atoms. The molecule has 8 heteroatoms. The number of rotatable bonds is 3. The van der Waals surface area contributed by atoms with E-state index in [0.29, 0.717) is 17.1 Å². The highest BCUT2D eigenvalue weighted by molar-refractivity contribution is 7.08. The SMILES string of the molecule is CCc1nnsc1C(=O)N1CCCCC1c1ccn2ccnc2n1. The van der Waals surface area contributed by atoms with Crippen LogP contribution in [0.25, 0.3) is 5.78 Å². The minimum absolute atomic E-state index is 0.0141. The van der Waals surface area contributed by atoms with Crippen LogP contribution in [0.5, 0.6) is 0 Å². The van der Waals surface area contributed by atoms with Crippen LogP contribution in [0.3, 0.4) is 0 Å². The highest BCUT2D eigenvalue weighted by Gasteiger charge is 2.32. The van der Waals surface area contributed by atoms with E-state index < -0.39 is 0 Å². The topological polar surface area (TPSA) is 76.3 Å². The number of amides is 1. The fourth-order valence-corrected chi connectivity index (χ4v) is 3.92. The number of carbonyl (C=O) groups is 1. The molecule has 1 aliphatic heterocycles. The van der Waals surface area contributed by atoms with Crippen molar-refractivity contribution in [2.75, 3.05) is 6.54 Å². The molecule has 0 saturated carbocycles. The van der Waals surface area contributed by atoms with Gasteiger partial charge < -0.3 is 4.90 Å². The van der Waals surface area contributed by atoms with Gasteiger partial charge in [0.2, 0.25) is 5.78 Å². The van der Waals surface area contributed by atoms with Crippen molar-refractivity contribution in [1.29, 1.82) is 0 Å². The second-order valence-corrected chi connectivity index (χ2v) is 6.65. The smallest absolute Gasteiger partial charge is 0.268 e. The standard InChI is InChI=1S/C16H18N6OS/c1-2-11-14(24-20-19-11)15(23)22-8-4-3-5-13(22)12-6-9-21-10-7-17-16(21)18-12/h6-7,9-10,13H,2-5,8H2,1H3. The minimum Gasteiger partial charge on any atom is -0.329 e. The lowest BCUT2D eigenvalue weighted by molar-refractivity contribution is 0.0610. The fourth-order valence-electron chi connectivity index (χ4n) is 3.22. The Morgan fingerprint density at radius 2 is 2.29 bits per heavy atom. The van der Waals surface area contributed by atoms with E-state index >= 15 is 0 Å². The number of piperidine rings is 1. The van der Waals surface area contributed by atoms with Gasteiger partial charge >= 0.3 is 0 Å². The fraction of sp³-hybridized carbons (Fsp3) is 0.438. The van der Waals surface area contributed by atoms with Gasteiger partial charge in [0, 0.05) is 25.1 Å². The zero-order chi connectivity index (χ0) is 16.5. The summed E-state index contributed by atoms with van der Waals surface area (Å²) >= 11 is 1.19. The van der Waals surface area contributed by atoms with Gasteiger partial charge in [0.15, 0.2) is 0 Å². The van der Waals surface area contributed by atoms with E-state index in [1.54, 1.807) is 6.20 Å². The van der Waals surface area contributed by atoms with Crippen LogP contribution >= 0.6 is 11.5 Å². The van der Waals surface area contributed by atoms with Crippen LogP contribution in [-0.4, -0.2) is 41.3 Å². The number of nitrogens with zero attached hydrogens (tertiary/aromatic N) is 6. The first-order valence-corrected chi connectivity index (χ1v) is 8.97. The summed E-state index contributed by atoms with van der Waals surface area (Å²) in [4.78, 5) is 24.5. The van der Waals surface area contributed by atoms with Gasteiger partial charge in [-0.2, -0.15) is 0 Å². The Morgan fingerprint density at radius 1 is 1.38 bits per heavy atom. The average molecular weight is 342 g/mol. The Balaban J connectivity index is 1.68. The van der Waals surface area contributed by atoms with Crippen molar-refractivity contribution in [3.63, 3.8) is 0 Å². The molecule has 0 radical (unpaired) electrons. The number of hydrogen-bond acceptors (Lipinski definition) is 6. The molecule has 1 fully saturated rings. The summed E-state index contributed by atoms with van der Waals surface area (Å²) in [7, 11) is 0. The third-order valence-corrected chi connectivity index (χ3v) is 5.23. The summed E-state index contributed by atoms with van der Waals surface area (Å²) in [5.41, 5.74) is 1.68. The van der Waals surface area contributed by atoms with Crippen molar-refractivity contribution < 1.29 is 4.79 Å². The molecule has 1 unspecified atom stereocenters. The van der Waals surface area contributed by atoms with Crippen LogP contribution in [0, 0.1) is 0 Å². The van der Waals surface area contributed by atoms with Crippen LogP contribution in [0.15, 0.2) is 24.7 Å². The first-order chi connectivity index (χ1) is 11.8. The molecule has 0 spiro atoms. The maximum Gasteiger partial charge on any atom is 0.268 e. The lowest BCUT2D eigenvalue weighted by atomic mass is 9.98. The third kappa shape index (κ3) is 2.56. The lowest BCUT2D eigenvalue weighted by Gasteiger charge is -2.35. The molecule has 3 aromatic rings. The molecule has 3 aromatic heterocycles. The van der Waals surface area contributed by atoms with Crippen molar-refractivity contribution >= 4 is 23.2 Å². The quantitative estimate of drug-likeness (QED) is 0.731. The maximum absolute atomic E-state index is 13.0. The Labute approximate surface area is 143 Å². The van der Waals surface area contributed by atoms with Crippen molar-refractivity contribution in [3.05, 3.63) is 40.9 Å². The van der Waals surface area contributed by atoms with Crippen LogP contribution in [0.4, 0.5) is 0 Å². The van der Waals surface area contributed by atoms with Gasteiger partial charge in [-0.25, -0.2) is 9.97 Å². The van der Waals surface area contributed by atoms with Gasteiger partial charge in [-0.1, -0.05) is 11.4 Å². The third-order valence-electron chi connectivity index (χ3n) is 4.47. The molecule has 0 N–H and O–H groups in total. The summed E-state index contributed by atoms with van der Waals surface area (Å²) < 4.78 is 5.83. The molecule has 1 aliphatic rings. The van der Waals surface area contributed by atoms with E-state index in [-0.39, 0.29) is 11.9 Å². The van der Waals surface area contributed by atoms with Crippen molar-refractivity contribution in [2.24, 2.45) is 0 Å². The molecular formula is C16H18N6OS. The number of aryl methyl sites for hydroxylation is 1. The summed E-state index contributed by atoms with van der Waals surface area (Å²) in [6.07, 6.45) is 9.29. The van der Waals surface area contributed by atoms with Gasteiger partial charge in [0.25, 0.3) is 5.91 Å². The number of carbonyl (C=O) groups excluding carboxylic acids is 1. The molecule has 124 valence electrons. The molecule has 0 aromatic carbocycles. The van der Waals surface area contributed by atoms with Gasteiger partial charge in [-0.05, 0) is 43.3 Å². The molecular weight excluding hydrogens is 324 g/mol. The van der Waals surface area contributed by atoms with E-state index in [4.69, 9.17) is 0 Å². The van der Waals surface area contributed by atoms with Crippen LogP contribution in [0.2, 0.25) is 0 Å². The number of hydrogen-bond donors (Lipinski definition) is 0. The molecule has 4 rings (SSSR count). The first kappa shape index (κ1) is 15.2. The van der Waals surface area contributed by atoms with Gasteiger partial charge in [-0.15, -0.1) is 5.10 Å². The van der Waals surface area contributed by atoms with Crippen molar-refractivity contribution in [3.8, 4) is 0 Å². The summed E-state index contributed by atoms with van der Waals surface area (Å²) in [6.45, 7) is 2.74. The second kappa shape index (κ2) is 6.27. The Morgan fingerprint density at radius 3 is 3.17 bits per heavy atom. The van der Waals surface area contributed by atoms with Crippen LogP contribution in [0.1, 0.15) is 53.3 Å². The van der Waals surface area contributed by atoms with E-state index in [0.717, 1.165) is 37.2 Å². The minimum atomic E-state index is -0.0141. The molecule has 0 bridgehead atoms. The molecule has 0 aliphatic carbocycles. The van der Waals surface area contributed by atoms with Gasteiger partial charge in [0.1, 0.15) is 4.88 Å². The van der Waals surface area contributed by atoms with E-state index in [1.165, 1.54) is 11.5 Å². The van der Waals surface area contributed by atoms with E-state index in [2.05, 4.69) is 19.6 Å². The van der Waals surface area contributed by atoms with E-state index in [1.807, 2.05) is 34.7 Å². The molecule has 1 saturated heterocycles. The molecule has 4 heterocycles. The van der Waals surface area contributed by atoms with Crippen LogP contribution < -0.4 is 0 Å².